The minimum atomic E-state index is 0.603. The normalized spacial score (nSPS) is 10.2. The lowest BCUT2D eigenvalue weighted by Gasteiger charge is -2.12. The fourth-order valence-corrected chi connectivity index (χ4v) is 1.55. The van der Waals surface area contributed by atoms with Crippen LogP contribution in [-0.2, 0) is 6.54 Å². The number of aromatic nitrogens is 2. The van der Waals surface area contributed by atoms with E-state index < -0.39 is 0 Å². The van der Waals surface area contributed by atoms with E-state index in [-0.39, 0.29) is 0 Å². The highest BCUT2D eigenvalue weighted by Gasteiger charge is 2.05. The Hall–Kier alpha value is -2.17. The number of nitrogen functional groups attached to an aromatic ring is 1. The van der Waals surface area contributed by atoms with Gasteiger partial charge < -0.3 is 20.8 Å². The standard InChI is InChI=1S/C12H16N4O/c1-2-17-10-5-3-4-9(12(10)13)16-8-11-14-6-7-15-11/h3-7,16H,2,8,13H2,1H3,(H,14,15). The molecule has 2 aromatic rings. The molecule has 2 rings (SSSR count). The highest BCUT2D eigenvalue weighted by molar-refractivity contribution is 5.72. The molecule has 1 aromatic heterocycles. The predicted octanol–water partition coefficient (Wildman–Crippen LogP) is 2.00. The molecule has 17 heavy (non-hydrogen) atoms. The maximum Gasteiger partial charge on any atom is 0.144 e. The van der Waals surface area contributed by atoms with Gasteiger partial charge in [0.1, 0.15) is 11.6 Å². The molecule has 5 nitrogen and oxygen atoms in total. The Bertz CT molecular complexity index is 467. The summed E-state index contributed by atoms with van der Waals surface area (Å²) in [6.45, 7) is 3.14. The van der Waals surface area contributed by atoms with Gasteiger partial charge in [0.25, 0.3) is 0 Å². The molecule has 0 spiro atoms. The Labute approximate surface area is 100 Å². The summed E-state index contributed by atoms with van der Waals surface area (Å²) in [5.74, 6) is 1.57. The first-order valence-electron chi connectivity index (χ1n) is 5.54. The van der Waals surface area contributed by atoms with Crippen molar-refractivity contribution in [2.24, 2.45) is 0 Å². The molecule has 90 valence electrons. The van der Waals surface area contributed by atoms with Crippen LogP contribution in [0, 0.1) is 0 Å². The number of H-pyrrole nitrogens is 1. The second-order valence-corrected chi connectivity index (χ2v) is 3.54. The van der Waals surface area contributed by atoms with Crippen molar-refractivity contribution in [3.05, 3.63) is 36.4 Å². The fourth-order valence-electron chi connectivity index (χ4n) is 1.55. The number of aromatic amines is 1. The van der Waals surface area contributed by atoms with Gasteiger partial charge in [0, 0.05) is 12.4 Å². The molecular formula is C12H16N4O. The molecule has 0 aliphatic carbocycles. The van der Waals surface area contributed by atoms with Crippen LogP contribution >= 0.6 is 0 Å². The number of anilines is 2. The molecule has 0 fully saturated rings. The van der Waals surface area contributed by atoms with Crippen molar-refractivity contribution in [3.63, 3.8) is 0 Å². The van der Waals surface area contributed by atoms with Crippen LogP contribution in [0.4, 0.5) is 11.4 Å². The number of hydrogen-bond acceptors (Lipinski definition) is 4. The van der Waals surface area contributed by atoms with Gasteiger partial charge in [-0.25, -0.2) is 4.98 Å². The largest absolute Gasteiger partial charge is 0.492 e. The van der Waals surface area contributed by atoms with Gasteiger partial charge in [0.05, 0.1) is 24.5 Å². The van der Waals surface area contributed by atoms with Crippen molar-refractivity contribution < 1.29 is 4.74 Å². The Balaban J connectivity index is 2.07. The first-order chi connectivity index (χ1) is 8.31. The molecule has 1 aromatic carbocycles. The van der Waals surface area contributed by atoms with Gasteiger partial charge in [0.15, 0.2) is 0 Å². The zero-order chi connectivity index (χ0) is 12.1. The number of nitrogens with zero attached hydrogens (tertiary/aromatic N) is 1. The molecule has 0 amide bonds. The lowest BCUT2D eigenvalue weighted by molar-refractivity contribution is 0.342. The average molecular weight is 232 g/mol. The third-order valence-electron chi connectivity index (χ3n) is 2.37. The van der Waals surface area contributed by atoms with Crippen LogP contribution < -0.4 is 15.8 Å². The molecule has 0 saturated carbocycles. The maximum atomic E-state index is 5.99. The van der Waals surface area contributed by atoms with Gasteiger partial charge in [-0.15, -0.1) is 0 Å². The lowest BCUT2D eigenvalue weighted by atomic mass is 10.2. The number of nitrogens with two attached hydrogens (primary N) is 1. The van der Waals surface area contributed by atoms with Crippen LogP contribution in [0.1, 0.15) is 12.7 Å². The number of ether oxygens (including phenoxy) is 1. The van der Waals surface area contributed by atoms with Crippen molar-refractivity contribution in [1.29, 1.82) is 0 Å². The first-order valence-corrected chi connectivity index (χ1v) is 5.54. The molecule has 1 heterocycles. The highest BCUT2D eigenvalue weighted by Crippen LogP contribution is 2.29. The number of nitrogens with one attached hydrogen (secondary N) is 2. The van der Waals surface area contributed by atoms with Crippen molar-refractivity contribution >= 4 is 11.4 Å². The SMILES string of the molecule is CCOc1cccc(NCc2ncc[nH]2)c1N. The number of hydrogen-bond donors (Lipinski definition) is 3. The van der Waals surface area contributed by atoms with Crippen LogP contribution in [0.2, 0.25) is 0 Å². The smallest absolute Gasteiger partial charge is 0.144 e. The summed E-state index contributed by atoms with van der Waals surface area (Å²) < 4.78 is 5.43. The molecule has 0 atom stereocenters. The topological polar surface area (TPSA) is 76.0 Å². The van der Waals surface area contributed by atoms with Crippen LogP contribution in [0.5, 0.6) is 5.75 Å². The summed E-state index contributed by atoms with van der Waals surface area (Å²) in [7, 11) is 0. The van der Waals surface area contributed by atoms with Crippen molar-refractivity contribution in [2.45, 2.75) is 13.5 Å². The number of imidazole rings is 1. The van der Waals surface area contributed by atoms with E-state index >= 15 is 0 Å². The van der Waals surface area contributed by atoms with Gasteiger partial charge in [-0.1, -0.05) is 6.07 Å². The van der Waals surface area contributed by atoms with Gasteiger partial charge in [0.2, 0.25) is 0 Å². The molecule has 5 heteroatoms. The number of rotatable bonds is 5. The first kappa shape index (κ1) is 11.3. The Kier molecular flexibility index (Phi) is 3.49. The van der Waals surface area contributed by atoms with E-state index in [1.165, 1.54) is 0 Å². The van der Waals surface area contributed by atoms with E-state index in [0.29, 0.717) is 24.6 Å². The minimum Gasteiger partial charge on any atom is -0.492 e. The summed E-state index contributed by atoms with van der Waals surface area (Å²) in [4.78, 5) is 7.15. The fraction of sp³-hybridized carbons (Fsp3) is 0.250. The zero-order valence-electron chi connectivity index (χ0n) is 9.73. The predicted molar refractivity (Wildman–Crippen MR) is 67.9 cm³/mol. The summed E-state index contributed by atoms with van der Waals surface area (Å²) in [5.41, 5.74) is 7.47. The molecule has 0 saturated heterocycles. The van der Waals surface area contributed by atoms with Gasteiger partial charge in [-0.2, -0.15) is 0 Å². The van der Waals surface area contributed by atoms with Gasteiger partial charge >= 0.3 is 0 Å². The quantitative estimate of drug-likeness (QED) is 0.689. The summed E-state index contributed by atoms with van der Waals surface area (Å²) >= 11 is 0. The van der Waals surface area contributed by atoms with E-state index in [1.54, 1.807) is 12.4 Å². The summed E-state index contributed by atoms with van der Waals surface area (Å²) in [6, 6.07) is 5.68. The van der Waals surface area contributed by atoms with E-state index in [9.17, 15) is 0 Å². The average Bonchev–Trinajstić information content (AvgIpc) is 2.83. The van der Waals surface area contributed by atoms with Gasteiger partial charge in [-0.3, -0.25) is 0 Å². The minimum absolute atomic E-state index is 0.603. The molecule has 0 aliphatic heterocycles. The van der Waals surface area contributed by atoms with Crippen LogP contribution in [0.15, 0.2) is 30.6 Å². The molecule has 0 unspecified atom stereocenters. The molecule has 0 bridgehead atoms. The van der Waals surface area contributed by atoms with E-state index in [0.717, 1.165) is 11.5 Å². The van der Waals surface area contributed by atoms with E-state index in [2.05, 4.69) is 15.3 Å². The Morgan fingerprint density at radius 3 is 3.06 bits per heavy atom. The molecular weight excluding hydrogens is 216 g/mol. The lowest BCUT2D eigenvalue weighted by Crippen LogP contribution is -2.05. The summed E-state index contributed by atoms with van der Waals surface area (Å²) in [5, 5.41) is 3.22. The van der Waals surface area contributed by atoms with Crippen LogP contribution in [0.3, 0.4) is 0 Å². The number of benzene rings is 1. The Morgan fingerprint density at radius 1 is 1.47 bits per heavy atom. The molecule has 4 N–H and O–H groups in total. The zero-order valence-corrected chi connectivity index (χ0v) is 9.73. The van der Waals surface area contributed by atoms with E-state index in [4.69, 9.17) is 10.5 Å². The maximum absolute atomic E-state index is 5.99. The van der Waals surface area contributed by atoms with E-state index in [1.807, 2.05) is 25.1 Å². The second kappa shape index (κ2) is 5.25. The van der Waals surface area contributed by atoms with Crippen LogP contribution in [-0.4, -0.2) is 16.6 Å². The highest BCUT2D eigenvalue weighted by atomic mass is 16.5. The van der Waals surface area contributed by atoms with Crippen molar-refractivity contribution in [2.75, 3.05) is 17.7 Å². The van der Waals surface area contributed by atoms with Crippen molar-refractivity contribution in [3.8, 4) is 5.75 Å². The Morgan fingerprint density at radius 2 is 2.35 bits per heavy atom. The monoisotopic (exact) mass is 232 g/mol. The molecule has 0 aliphatic rings. The van der Waals surface area contributed by atoms with Crippen LogP contribution in [0.25, 0.3) is 0 Å². The molecule has 0 radical (unpaired) electrons. The third kappa shape index (κ3) is 2.69. The number of para-hydroxylation sites is 1. The second-order valence-electron chi connectivity index (χ2n) is 3.54. The van der Waals surface area contributed by atoms with Crippen molar-refractivity contribution in [1.82, 2.24) is 9.97 Å². The van der Waals surface area contributed by atoms with Gasteiger partial charge in [-0.05, 0) is 19.1 Å². The third-order valence-corrected chi connectivity index (χ3v) is 2.37. The summed E-state index contributed by atoms with van der Waals surface area (Å²) in [6.07, 6.45) is 3.51.